The number of aromatic nitrogens is 2. The third-order valence-electron chi connectivity index (χ3n) is 5.75. The van der Waals surface area contributed by atoms with Gasteiger partial charge >= 0.3 is 5.69 Å². The normalized spacial score (nSPS) is 11.0. The number of likely N-dealkylation sites (N-methyl/N-ethyl adjacent to an activating group) is 1. The molecule has 0 bridgehead atoms. The van der Waals surface area contributed by atoms with Gasteiger partial charge in [0.1, 0.15) is 11.4 Å². The summed E-state index contributed by atoms with van der Waals surface area (Å²) in [7, 11) is 1.61. The molecule has 9 nitrogen and oxygen atoms in total. The second kappa shape index (κ2) is 11.4. The van der Waals surface area contributed by atoms with Gasteiger partial charge in [0, 0.05) is 12.2 Å². The van der Waals surface area contributed by atoms with Gasteiger partial charge in [-0.2, -0.15) is 0 Å². The van der Waals surface area contributed by atoms with Crippen molar-refractivity contribution in [3.8, 4) is 0 Å². The highest BCUT2D eigenvalue weighted by atomic mass is 16.2. The van der Waals surface area contributed by atoms with E-state index in [0.29, 0.717) is 0 Å². The quantitative estimate of drug-likeness (QED) is 0.431. The van der Waals surface area contributed by atoms with Crippen LogP contribution in [0, 0.1) is 0 Å². The molecule has 0 aliphatic rings. The van der Waals surface area contributed by atoms with Crippen molar-refractivity contribution in [2.45, 2.75) is 33.4 Å². The number of Topliss-reactive ketones (excluding diaryl/α,β-unsaturated/α-hetero) is 1. The monoisotopic (exact) mass is 477 g/mol. The Morgan fingerprint density at radius 2 is 1.60 bits per heavy atom. The summed E-state index contributed by atoms with van der Waals surface area (Å²) >= 11 is 0. The summed E-state index contributed by atoms with van der Waals surface area (Å²) in [6.07, 6.45) is 0.770. The molecule has 0 fully saturated rings. The fraction of sp³-hybridized carbons (Fsp3) is 0.308. The lowest BCUT2D eigenvalue weighted by Gasteiger charge is -2.19. The number of hydrogen-bond donors (Lipinski definition) is 2. The van der Waals surface area contributed by atoms with E-state index in [1.54, 1.807) is 14.0 Å². The Kier molecular flexibility index (Phi) is 8.38. The Labute approximate surface area is 203 Å². The van der Waals surface area contributed by atoms with Gasteiger partial charge in [-0.3, -0.25) is 28.4 Å². The van der Waals surface area contributed by atoms with Gasteiger partial charge in [-0.15, -0.1) is 0 Å². The molecule has 3 rings (SSSR count). The molecule has 2 aromatic carbocycles. The minimum atomic E-state index is -0.723. The van der Waals surface area contributed by atoms with Gasteiger partial charge in [0.05, 0.1) is 19.6 Å². The molecule has 3 N–H and O–H groups in total. The van der Waals surface area contributed by atoms with Crippen molar-refractivity contribution >= 4 is 23.2 Å². The first-order chi connectivity index (χ1) is 16.8. The summed E-state index contributed by atoms with van der Waals surface area (Å²) in [6.45, 7) is 3.61. The van der Waals surface area contributed by atoms with Crippen molar-refractivity contribution in [3.05, 3.63) is 92.1 Å². The zero-order valence-corrected chi connectivity index (χ0v) is 20.3. The van der Waals surface area contributed by atoms with Crippen molar-refractivity contribution in [1.29, 1.82) is 0 Å². The lowest BCUT2D eigenvalue weighted by Crippen LogP contribution is -2.45. The first-order valence-corrected chi connectivity index (χ1v) is 11.5. The van der Waals surface area contributed by atoms with E-state index in [9.17, 15) is 19.2 Å². The molecule has 0 saturated carbocycles. The molecule has 0 aliphatic carbocycles. The van der Waals surface area contributed by atoms with Crippen molar-refractivity contribution in [3.63, 3.8) is 0 Å². The average Bonchev–Trinajstić information content (AvgIpc) is 2.83. The lowest BCUT2D eigenvalue weighted by atomic mass is 10.1. The van der Waals surface area contributed by atoms with Crippen LogP contribution < -0.4 is 22.3 Å². The fourth-order valence-corrected chi connectivity index (χ4v) is 3.94. The fourth-order valence-electron chi connectivity index (χ4n) is 3.94. The van der Waals surface area contributed by atoms with Gasteiger partial charge in [-0.05, 0) is 37.6 Å². The van der Waals surface area contributed by atoms with Crippen molar-refractivity contribution < 1.29 is 9.59 Å². The van der Waals surface area contributed by atoms with E-state index >= 15 is 0 Å². The maximum atomic E-state index is 13.1. The van der Waals surface area contributed by atoms with Gasteiger partial charge in [0.2, 0.25) is 5.91 Å². The molecule has 0 aliphatic heterocycles. The van der Waals surface area contributed by atoms with E-state index in [-0.39, 0.29) is 43.5 Å². The Bertz CT molecular complexity index is 1330. The SMILES string of the molecule is CCc1ccccc1NC(=O)CN(C)CC(=O)c1c(N)n(Cc2ccccc2)c(=O)n(CC)c1=O. The highest BCUT2D eigenvalue weighted by molar-refractivity contribution is 6.01. The number of nitrogens with one attached hydrogen (secondary N) is 1. The summed E-state index contributed by atoms with van der Waals surface area (Å²) in [6, 6.07) is 16.7. The number of carbonyl (C=O) groups is 2. The zero-order valence-electron chi connectivity index (χ0n) is 20.3. The molecule has 1 aromatic heterocycles. The number of rotatable bonds is 10. The topological polar surface area (TPSA) is 119 Å². The highest BCUT2D eigenvalue weighted by Gasteiger charge is 2.24. The molecule has 184 valence electrons. The maximum absolute atomic E-state index is 13.1. The first kappa shape index (κ1) is 25.6. The van der Waals surface area contributed by atoms with Crippen LogP contribution in [0.3, 0.4) is 0 Å². The van der Waals surface area contributed by atoms with Gasteiger partial charge in [-0.25, -0.2) is 4.79 Å². The van der Waals surface area contributed by atoms with E-state index in [1.807, 2.05) is 61.5 Å². The molecule has 35 heavy (non-hydrogen) atoms. The number of nitrogen functional groups attached to an aromatic ring is 1. The predicted molar refractivity (Wildman–Crippen MR) is 137 cm³/mol. The standard InChI is InChI=1S/C26H31N5O4/c1-4-19-13-9-10-14-20(19)28-22(33)17-29(3)16-21(32)23-24(27)31(15-18-11-7-6-8-12-18)26(35)30(5-2)25(23)34/h6-14H,4-5,15-17,27H2,1-3H3,(H,28,33). The summed E-state index contributed by atoms with van der Waals surface area (Å²) < 4.78 is 2.24. The number of para-hydroxylation sites is 1. The van der Waals surface area contributed by atoms with Crippen LogP contribution in [0.2, 0.25) is 0 Å². The minimum Gasteiger partial charge on any atom is -0.384 e. The maximum Gasteiger partial charge on any atom is 0.332 e. The molecule has 1 amide bonds. The number of aryl methyl sites for hydroxylation is 1. The Hall–Kier alpha value is -3.98. The van der Waals surface area contributed by atoms with Crippen molar-refractivity contribution in [2.75, 3.05) is 31.2 Å². The number of nitrogens with two attached hydrogens (primary N) is 1. The average molecular weight is 478 g/mol. The predicted octanol–water partition coefficient (Wildman–Crippen LogP) is 1.98. The zero-order chi connectivity index (χ0) is 25.5. The third-order valence-corrected chi connectivity index (χ3v) is 5.75. The number of nitrogens with zero attached hydrogens (tertiary/aromatic N) is 3. The van der Waals surface area contributed by atoms with Crippen LogP contribution in [-0.2, 0) is 24.3 Å². The largest absolute Gasteiger partial charge is 0.384 e. The Morgan fingerprint density at radius 3 is 2.26 bits per heavy atom. The number of carbonyl (C=O) groups excluding carboxylic acids is 2. The summed E-state index contributed by atoms with van der Waals surface area (Å²) in [5.74, 6) is -1.01. The van der Waals surface area contributed by atoms with E-state index in [4.69, 9.17) is 5.73 Å². The van der Waals surface area contributed by atoms with Gasteiger partial charge < -0.3 is 11.1 Å². The molecule has 1 heterocycles. The van der Waals surface area contributed by atoms with Crippen molar-refractivity contribution in [2.24, 2.45) is 0 Å². The Balaban J connectivity index is 1.81. The van der Waals surface area contributed by atoms with Crippen LogP contribution in [0.1, 0.15) is 35.3 Å². The van der Waals surface area contributed by atoms with Crippen LogP contribution in [0.25, 0.3) is 0 Å². The Morgan fingerprint density at radius 1 is 0.943 bits per heavy atom. The number of benzene rings is 2. The second-order valence-corrected chi connectivity index (χ2v) is 8.32. The molecule has 3 aromatic rings. The smallest absolute Gasteiger partial charge is 0.332 e. The van der Waals surface area contributed by atoms with E-state index < -0.39 is 17.0 Å². The number of anilines is 2. The molecular weight excluding hydrogens is 446 g/mol. The summed E-state index contributed by atoms with van der Waals surface area (Å²) in [5.41, 5.74) is 7.20. The number of hydrogen-bond acceptors (Lipinski definition) is 6. The molecule has 0 atom stereocenters. The molecule has 0 saturated heterocycles. The second-order valence-electron chi connectivity index (χ2n) is 8.32. The van der Waals surface area contributed by atoms with Crippen LogP contribution in [-0.4, -0.2) is 45.9 Å². The van der Waals surface area contributed by atoms with E-state index in [0.717, 1.165) is 27.8 Å². The minimum absolute atomic E-state index is 0.0602. The van der Waals surface area contributed by atoms with E-state index in [1.165, 1.54) is 9.47 Å². The number of ketones is 1. The van der Waals surface area contributed by atoms with Crippen LogP contribution >= 0.6 is 0 Å². The van der Waals surface area contributed by atoms with E-state index in [2.05, 4.69) is 5.32 Å². The summed E-state index contributed by atoms with van der Waals surface area (Å²) in [5, 5.41) is 2.86. The van der Waals surface area contributed by atoms with Gasteiger partial charge in [0.25, 0.3) is 5.56 Å². The van der Waals surface area contributed by atoms with Gasteiger partial charge in [0.15, 0.2) is 5.78 Å². The van der Waals surface area contributed by atoms with Crippen molar-refractivity contribution in [1.82, 2.24) is 14.0 Å². The highest BCUT2D eigenvalue weighted by Crippen LogP contribution is 2.15. The van der Waals surface area contributed by atoms with Crippen LogP contribution in [0.4, 0.5) is 11.5 Å². The third kappa shape index (κ3) is 5.93. The molecule has 0 spiro atoms. The first-order valence-electron chi connectivity index (χ1n) is 11.5. The summed E-state index contributed by atoms with van der Waals surface area (Å²) in [4.78, 5) is 53.0. The molecular formula is C26H31N5O4. The molecule has 0 unspecified atom stereocenters. The van der Waals surface area contributed by atoms with Gasteiger partial charge in [-0.1, -0.05) is 55.5 Å². The lowest BCUT2D eigenvalue weighted by molar-refractivity contribution is -0.116. The van der Waals surface area contributed by atoms with Crippen LogP contribution in [0.15, 0.2) is 64.2 Å². The van der Waals surface area contributed by atoms with Crippen LogP contribution in [0.5, 0.6) is 0 Å². The number of amides is 1. The molecule has 0 radical (unpaired) electrons. The molecule has 9 heteroatoms.